The molecule has 98 valence electrons. The van der Waals surface area contributed by atoms with Crippen LogP contribution in [0.3, 0.4) is 0 Å². The fraction of sp³-hybridized carbons (Fsp3) is 0.462. The summed E-state index contributed by atoms with van der Waals surface area (Å²) in [7, 11) is 0. The third kappa shape index (κ3) is 3.67. The smallest absolute Gasteiger partial charge is 0.0670 e. The largest absolute Gasteiger partial charge is 0.310 e. The number of hydrogen-bond acceptors (Lipinski definition) is 3. The zero-order valence-corrected chi connectivity index (χ0v) is 13.3. The summed E-state index contributed by atoms with van der Waals surface area (Å²) < 4.78 is 2.98. The molecule has 0 fully saturated rings. The highest BCUT2D eigenvalue weighted by atomic mass is 79.9. The summed E-state index contributed by atoms with van der Waals surface area (Å²) in [5, 5.41) is 7.75. The Kier molecular flexibility index (Phi) is 4.59. The number of rotatable bonds is 5. The van der Waals surface area contributed by atoms with Gasteiger partial charge in [0.15, 0.2) is 0 Å². The van der Waals surface area contributed by atoms with E-state index in [0.717, 1.165) is 17.6 Å². The fourth-order valence-corrected chi connectivity index (χ4v) is 3.07. The Labute approximate surface area is 120 Å². The second kappa shape index (κ2) is 5.99. The molecule has 2 aromatic heterocycles. The van der Waals surface area contributed by atoms with Gasteiger partial charge in [0.25, 0.3) is 0 Å². The van der Waals surface area contributed by atoms with E-state index in [-0.39, 0.29) is 0 Å². The first kappa shape index (κ1) is 13.8. The van der Waals surface area contributed by atoms with Gasteiger partial charge in [-0.3, -0.25) is 4.68 Å². The summed E-state index contributed by atoms with van der Waals surface area (Å²) in [4.78, 5) is 2.77. The first-order chi connectivity index (χ1) is 8.54. The summed E-state index contributed by atoms with van der Waals surface area (Å²) in [5.41, 5.74) is 1.36. The number of halogens is 1. The zero-order valence-electron chi connectivity index (χ0n) is 10.9. The van der Waals surface area contributed by atoms with E-state index in [1.54, 1.807) is 0 Å². The van der Waals surface area contributed by atoms with Gasteiger partial charge >= 0.3 is 0 Å². The topological polar surface area (TPSA) is 29.9 Å². The summed E-state index contributed by atoms with van der Waals surface area (Å²) in [5.74, 6) is 0. The predicted molar refractivity (Wildman–Crippen MR) is 80.1 cm³/mol. The van der Waals surface area contributed by atoms with E-state index in [2.05, 4.69) is 53.2 Å². The van der Waals surface area contributed by atoms with Crippen LogP contribution >= 0.6 is 27.3 Å². The van der Waals surface area contributed by atoms with Gasteiger partial charge in [-0.25, -0.2) is 0 Å². The van der Waals surface area contributed by atoms with Crippen molar-refractivity contribution in [3.05, 3.63) is 38.3 Å². The van der Waals surface area contributed by atoms with Crippen molar-refractivity contribution in [1.29, 1.82) is 0 Å². The molecule has 2 heterocycles. The van der Waals surface area contributed by atoms with Crippen molar-refractivity contribution < 1.29 is 0 Å². The Bertz CT molecular complexity index is 516. The molecule has 18 heavy (non-hydrogen) atoms. The highest BCUT2D eigenvalue weighted by Gasteiger charge is 2.07. The van der Waals surface area contributed by atoms with Gasteiger partial charge in [-0.2, -0.15) is 5.10 Å². The van der Waals surface area contributed by atoms with Gasteiger partial charge in [-0.1, -0.05) is 13.8 Å². The number of aromatic nitrogens is 2. The molecule has 0 amide bonds. The van der Waals surface area contributed by atoms with Gasteiger partial charge in [0.05, 0.1) is 17.2 Å². The zero-order chi connectivity index (χ0) is 13.1. The lowest BCUT2D eigenvalue weighted by atomic mass is 10.2. The van der Waals surface area contributed by atoms with Crippen molar-refractivity contribution in [2.45, 2.75) is 39.9 Å². The van der Waals surface area contributed by atoms with Gasteiger partial charge < -0.3 is 5.32 Å². The van der Waals surface area contributed by atoms with Crippen LogP contribution in [0.4, 0.5) is 0 Å². The molecule has 3 nitrogen and oxygen atoms in total. The Hall–Kier alpha value is -0.650. The first-order valence-corrected chi connectivity index (χ1v) is 7.65. The van der Waals surface area contributed by atoms with Gasteiger partial charge in [0, 0.05) is 28.5 Å². The Morgan fingerprint density at radius 3 is 2.89 bits per heavy atom. The predicted octanol–water partition coefficient (Wildman–Crippen LogP) is 3.56. The monoisotopic (exact) mass is 327 g/mol. The van der Waals surface area contributed by atoms with Crippen molar-refractivity contribution in [2.24, 2.45) is 0 Å². The molecule has 5 heteroatoms. The van der Waals surface area contributed by atoms with Crippen LogP contribution in [0.2, 0.25) is 0 Å². The van der Waals surface area contributed by atoms with E-state index in [0.29, 0.717) is 6.04 Å². The van der Waals surface area contributed by atoms with Crippen molar-refractivity contribution in [3.8, 4) is 0 Å². The number of hydrogen-bond donors (Lipinski definition) is 1. The molecule has 0 atom stereocenters. The quantitative estimate of drug-likeness (QED) is 0.909. The van der Waals surface area contributed by atoms with Crippen LogP contribution in [0, 0.1) is 6.92 Å². The minimum absolute atomic E-state index is 0.526. The molecule has 0 saturated heterocycles. The van der Waals surface area contributed by atoms with Crippen LogP contribution < -0.4 is 5.32 Å². The van der Waals surface area contributed by atoms with E-state index in [4.69, 9.17) is 0 Å². The number of nitrogens with one attached hydrogen (secondary N) is 1. The Morgan fingerprint density at radius 1 is 1.50 bits per heavy atom. The van der Waals surface area contributed by atoms with Gasteiger partial charge in [0.1, 0.15) is 0 Å². The second-order valence-electron chi connectivity index (χ2n) is 4.69. The van der Waals surface area contributed by atoms with E-state index >= 15 is 0 Å². The third-order valence-electron chi connectivity index (χ3n) is 2.69. The van der Waals surface area contributed by atoms with Gasteiger partial charge in [-0.05, 0) is 34.5 Å². The second-order valence-corrected chi connectivity index (χ2v) is 6.94. The molecule has 2 aromatic rings. The molecule has 0 saturated carbocycles. The third-order valence-corrected chi connectivity index (χ3v) is 4.19. The molecule has 0 aromatic carbocycles. The van der Waals surface area contributed by atoms with Gasteiger partial charge in [0.2, 0.25) is 0 Å². The molecule has 2 rings (SSSR count). The van der Waals surface area contributed by atoms with Crippen LogP contribution in [0.1, 0.15) is 29.2 Å². The summed E-state index contributed by atoms with van der Waals surface area (Å²) in [6.07, 6.45) is 3.83. The average Bonchev–Trinajstić information content (AvgIpc) is 2.84. The molecule has 0 spiro atoms. The summed E-state index contributed by atoms with van der Waals surface area (Å²) in [6.45, 7) is 8.31. The Balaban J connectivity index is 2.04. The number of aryl methyl sites for hydroxylation is 1. The molecule has 0 bridgehead atoms. The van der Waals surface area contributed by atoms with Gasteiger partial charge in [-0.15, -0.1) is 11.3 Å². The number of nitrogens with zero attached hydrogens (tertiary/aromatic N) is 2. The molecule has 0 aliphatic rings. The van der Waals surface area contributed by atoms with E-state index in [9.17, 15) is 0 Å². The van der Waals surface area contributed by atoms with Crippen LogP contribution in [-0.2, 0) is 13.1 Å². The molecule has 0 radical (unpaired) electrons. The molecule has 0 aliphatic heterocycles. The fourth-order valence-electron chi connectivity index (χ4n) is 1.74. The van der Waals surface area contributed by atoms with Crippen LogP contribution in [-0.4, -0.2) is 15.8 Å². The lowest BCUT2D eigenvalue weighted by Crippen LogP contribution is -2.21. The maximum Gasteiger partial charge on any atom is 0.0670 e. The van der Waals surface area contributed by atoms with E-state index in [1.165, 1.54) is 15.3 Å². The summed E-state index contributed by atoms with van der Waals surface area (Å²) >= 11 is 5.29. The summed E-state index contributed by atoms with van der Waals surface area (Å²) in [6, 6.07) is 2.81. The van der Waals surface area contributed by atoms with Crippen molar-refractivity contribution in [3.63, 3.8) is 0 Å². The highest BCUT2D eigenvalue weighted by molar-refractivity contribution is 9.10. The number of thiophene rings is 1. The molecule has 0 aliphatic carbocycles. The lowest BCUT2D eigenvalue weighted by molar-refractivity contribution is 0.593. The Morgan fingerprint density at radius 2 is 2.28 bits per heavy atom. The minimum atomic E-state index is 0.526. The standard InChI is InChI=1S/C13H18BrN3S/c1-9(2)15-6-13-4-11(10(3)18-13)7-17-8-12(14)5-16-17/h4-5,8-9,15H,6-7H2,1-3H3. The first-order valence-electron chi connectivity index (χ1n) is 6.04. The van der Waals surface area contributed by atoms with Crippen LogP contribution in [0.15, 0.2) is 22.9 Å². The van der Waals surface area contributed by atoms with E-state index < -0.39 is 0 Å². The minimum Gasteiger partial charge on any atom is -0.310 e. The van der Waals surface area contributed by atoms with Crippen LogP contribution in [0.25, 0.3) is 0 Å². The normalized spacial score (nSPS) is 11.4. The molecule has 1 N–H and O–H groups in total. The maximum atomic E-state index is 4.29. The average molecular weight is 328 g/mol. The molecule has 0 unspecified atom stereocenters. The van der Waals surface area contributed by atoms with Crippen molar-refractivity contribution in [2.75, 3.05) is 0 Å². The van der Waals surface area contributed by atoms with Crippen molar-refractivity contribution in [1.82, 2.24) is 15.1 Å². The van der Waals surface area contributed by atoms with E-state index in [1.807, 2.05) is 28.4 Å². The highest BCUT2D eigenvalue weighted by Crippen LogP contribution is 2.22. The van der Waals surface area contributed by atoms with Crippen LogP contribution in [0.5, 0.6) is 0 Å². The van der Waals surface area contributed by atoms with Crippen molar-refractivity contribution >= 4 is 27.3 Å². The SMILES string of the molecule is Cc1sc(CNC(C)C)cc1Cn1cc(Br)cn1. The maximum absolute atomic E-state index is 4.29. The molecular weight excluding hydrogens is 310 g/mol. The lowest BCUT2D eigenvalue weighted by Gasteiger charge is -2.05. The molecular formula is C13H18BrN3S.